The molecular weight excluding hydrogens is 191 g/mol. The van der Waals surface area contributed by atoms with E-state index in [1.165, 1.54) is 0 Å². The molecule has 0 aliphatic heterocycles. The molecule has 3 nitrogen and oxygen atoms in total. The Labute approximate surface area is 50.0 Å². The third kappa shape index (κ3) is 2.74. The fourth-order valence-electron chi connectivity index (χ4n) is 0. The van der Waals surface area contributed by atoms with Gasteiger partial charge in [-0.05, 0) is 0 Å². The molecule has 4 heteroatoms. The number of hydrogen-bond donors (Lipinski definition) is 0. The van der Waals surface area contributed by atoms with E-state index in [0.29, 0.717) is 38.9 Å². The minimum absolute atomic E-state index is 0.569. The molecule has 0 aliphatic rings. The van der Waals surface area contributed by atoms with Crippen LogP contribution in [0.5, 0.6) is 0 Å². The summed E-state index contributed by atoms with van der Waals surface area (Å²) in [5, 5.41) is 2.04. The molecule has 0 saturated carbocycles. The van der Waals surface area contributed by atoms with Crippen LogP contribution in [0.3, 0.4) is 0 Å². The normalized spacial score (nSPS) is 5.00. The maximum atomic E-state index is 8.73. The van der Waals surface area contributed by atoms with E-state index in [4.69, 9.17) is 4.91 Å². The van der Waals surface area contributed by atoms with Gasteiger partial charge in [0.05, 0.1) is 0 Å². The Morgan fingerprint density at radius 3 is 2.25 bits per heavy atom. The Morgan fingerprint density at radius 2 is 2.25 bits per heavy atom. The first-order valence-electron chi connectivity index (χ1n) is 0.548. The molecule has 0 aromatic rings. The third-order valence-electron chi connectivity index (χ3n) is 0.0333. The Morgan fingerprint density at radius 1 is 2.00 bits per heavy atom. The van der Waals surface area contributed by atoms with Gasteiger partial charge in [0.25, 0.3) is 0 Å². The van der Waals surface area contributed by atoms with Crippen molar-refractivity contribution in [3.8, 4) is 0 Å². The summed E-state index contributed by atoms with van der Waals surface area (Å²) < 4.78 is 3.72. The van der Waals surface area contributed by atoms with Gasteiger partial charge in [0.1, 0.15) is 0 Å². The summed E-state index contributed by atoms with van der Waals surface area (Å²) in [4.78, 5) is 8.73. The molecule has 0 spiro atoms. The van der Waals surface area contributed by atoms with Crippen LogP contribution in [0.1, 0.15) is 0 Å². The molecule has 0 N–H and O–H groups in total. The molecule has 0 aliphatic carbocycles. The molecule has 0 atom stereocenters. The van der Waals surface area contributed by atoms with Gasteiger partial charge in [-0.15, -0.1) is 0 Å². The van der Waals surface area contributed by atoms with Gasteiger partial charge in [0.15, 0.2) is 0 Å². The van der Waals surface area contributed by atoms with Gasteiger partial charge in [-0.25, -0.2) is 0 Å². The zero-order chi connectivity index (χ0) is 3.41. The Kier molecular flexibility index (Phi) is 4.43. The van der Waals surface area contributed by atoms with Gasteiger partial charge >= 0.3 is 50.4 Å². The van der Waals surface area contributed by atoms with E-state index in [-0.39, 0.29) is 0 Å². The molecule has 4 heavy (non-hydrogen) atoms. The Balaban J connectivity index is 2.30. The summed E-state index contributed by atoms with van der Waals surface area (Å²) in [6.07, 6.45) is 0. The first kappa shape index (κ1) is 4.74. The SMILES string of the molecule is O=N[O][Pm]. The number of hydrogen-bond acceptors (Lipinski definition) is 3. The van der Waals surface area contributed by atoms with E-state index in [9.17, 15) is 0 Å². The molecular formula is NO2Pm. The van der Waals surface area contributed by atoms with Gasteiger partial charge < -0.3 is 0 Å². The van der Waals surface area contributed by atoms with Gasteiger partial charge in [-0.1, -0.05) is 0 Å². The van der Waals surface area contributed by atoms with Crippen molar-refractivity contribution in [1.29, 1.82) is 0 Å². The molecule has 0 unspecified atom stereocenters. The fraction of sp³-hybridized carbons (Fsp3) is 0. The molecule has 0 amide bonds. The predicted molar refractivity (Wildman–Crippen MR) is 6.88 cm³/mol. The zero-order valence-corrected chi connectivity index (χ0v) is 4.58. The van der Waals surface area contributed by atoms with E-state index in [2.05, 4.69) is 1.22 Å². The van der Waals surface area contributed by atoms with Crippen molar-refractivity contribution in [3.63, 3.8) is 0 Å². The summed E-state index contributed by atoms with van der Waals surface area (Å²) in [6.45, 7) is 0. The van der Waals surface area contributed by atoms with Crippen LogP contribution in [0.4, 0.5) is 0 Å². The van der Waals surface area contributed by atoms with Gasteiger partial charge in [-0.3, -0.25) is 0 Å². The van der Waals surface area contributed by atoms with E-state index in [0.717, 1.165) is 0 Å². The number of rotatable bonds is 1. The van der Waals surface area contributed by atoms with Crippen LogP contribution in [0.25, 0.3) is 0 Å². The average molecular weight is 191 g/mol. The molecule has 0 aromatic carbocycles. The van der Waals surface area contributed by atoms with Crippen molar-refractivity contribution in [2.24, 2.45) is 5.34 Å². The zero-order valence-electron chi connectivity index (χ0n) is 1.71. The summed E-state index contributed by atoms with van der Waals surface area (Å²) in [5.41, 5.74) is 0. The monoisotopic (exact) mass is 191 g/mol. The van der Waals surface area contributed by atoms with Crippen molar-refractivity contribution in [2.75, 3.05) is 0 Å². The van der Waals surface area contributed by atoms with Gasteiger partial charge in [-0.2, -0.15) is 0 Å². The van der Waals surface area contributed by atoms with Gasteiger partial charge in [0.2, 0.25) is 0 Å². The summed E-state index contributed by atoms with van der Waals surface area (Å²) in [5.74, 6) is 0. The van der Waals surface area contributed by atoms with Crippen LogP contribution in [-0.4, -0.2) is 0 Å². The molecule has 0 radical (unpaired) electrons. The standard InChI is InChI=1S/HNO2.Pm/c2-1-3;/h(H,2,3);/q;+1/p-1. The van der Waals surface area contributed by atoms with Gasteiger partial charge in [0, 0.05) is 0 Å². The van der Waals surface area contributed by atoms with E-state index in [1.54, 1.807) is 0 Å². The van der Waals surface area contributed by atoms with Crippen LogP contribution >= 0.6 is 0 Å². The van der Waals surface area contributed by atoms with Crippen molar-refractivity contribution in [3.05, 3.63) is 4.91 Å². The molecule has 22 valence electrons. The molecule has 0 aromatic heterocycles. The molecule has 0 saturated heterocycles. The molecule has 0 fully saturated rings. The first-order chi connectivity index (χ1) is 1.91. The summed E-state index contributed by atoms with van der Waals surface area (Å²) >= 11 is 0.569. The Hall–Kier alpha value is 0.738. The second-order valence-corrected chi connectivity index (χ2v) is 0.680. The van der Waals surface area contributed by atoms with E-state index < -0.39 is 0 Å². The maximum absolute atomic E-state index is 8.73. The predicted octanol–water partition coefficient (Wildman–Crippen LogP) is 0.149. The molecule has 0 bridgehead atoms. The quantitative estimate of drug-likeness (QED) is 0.437. The van der Waals surface area contributed by atoms with Crippen LogP contribution in [0, 0.1) is 43.8 Å². The van der Waals surface area contributed by atoms with Crippen molar-refractivity contribution < 1.29 is 40.1 Å². The Bertz CT molecular complexity index is 20.0. The minimum atomic E-state index is 0.569. The van der Waals surface area contributed by atoms with Crippen LogP contribution in [0.2, 0.25) is 0 Å². The second kappa shape index (κ2) is 3.74. The van der Waals surface area contributed by atoms with Crippen molar-refractivity contribution in [1.82, 2.24) is 0 Å². The number of nitrogens with zero attached hydrogens (tertiary/aromatic N) is 1. The second-order valence-electron chi connectivity index (χ2n) is 0.156. The third-order valence-corrected chi connectivity index (χ3v) is 0.247. The summed E-state index contributed by atoms with van der Waals surface area (Å²) in [6, 6.07) is 0. The topological polar surface area (TPSA) is 38.7 Å². The molecule has 0 heterocycles. The average Bonchev–Trinajstić information content (AvgIpc) is 1.37. The van der Waals surface area contributed by atoms with E-state index in [1.807, 2.05) is 5.34 Å². The summed E-state index contributed by atoms with van der Waals surface area (Å²) in [7, 11) is 0. The first-order valence-corrected chi connectivity index (χ1v) is 1.72. The van der Waals surface area contributed by atoms with Crippen LogP contribution < -0.4 is 0 Å². The van der Waals surface area contributed by atoms with Crippen LogP contribution in [-0.2, 0) is 1.22 Å². The van der Waals surface area contributed by atoms with E-state index >= 15 is 0 Å². The fourth-order valence-corrected chi connectivity index (χ4v) is 0. The van der Waals surface area contributed by atoms with Crippen molar-refractivity contribution >= 4 is 0 Å². The van der Waals surface area contributed by atoms with Crippen molar-refractivity contribution in [2.45, 2.75) is 0 Å². The molecule has 0 rings (SSSR count). The van der Waals surface area contributed by atoms with Crippen LogP contribution in [0.15, 0.2) is 5.34 Å².